The van der Waals surface area contributed by atoms with Gasteiger partial charge in [0.1, 0.15) is 0 Å². The van der Waals surface area contributed by atoms with Crippen LogP contribution in [0.5, 0.6) is 0 Å². The maximum atomic E-state index is 11.5. The number of carbonyl (C=O) groups excluding carboxylic acids is 1. The molecule has 0 fully saturated rings. The fourth-order valence-electron chi connectivity index (χ4n) is 1.65. The van der Waals surface area contributed by atoms with Crippen LogP contribution in [0.25, 0.3) is 6.08 Å². The Bertz CT molecular complexity index is 503. The van der Waals surface area contributed by atoms with Gasteiger partial charge in [0, 0.05) is 23.6 Å². The Labute approximate surface area is 132 Å². The molecule has 0 aliphatic rings. The van der Waals surface area contributed by atoms with Crippen LogP contribution < -0.4 is 10.6 Å². The molecule has 0 atom stereocenters. The van der Waals surface area contributed by atoms with Gasteiger partial charge in [-0.25, -0.2) is 4.79 Å². The van der Waals surface area contributed by atoms with Crippen LogP contribution in [0.2, 0.25) is 0 Å². The maximum absolute atomic E-state index is 11.5. The summed E-state index contributed by atoms with van der Waals surface area (Å²) < 4.78 is 0.960. The normalized spacial score (nSPS) is 10.5. The number of carboxylic acid groups (broad SMARTS) is 1. The third-order valence-corrected chi connectivity index (χ3v) is 3.46. The van der Waals surface area contributed by atoms with Gasteiger partial charge in [0.25, 0.3) is 0 Å². The molecule has 0 saturated heterocycles. The van der Waals surface area contributed by atoms with Crippen LogP contribution in [0.3, 0.4) is 0 Å². The number of aliphatic carboxylic acids is 1. The summed E-state index contributed by atoms with van der Waals surface area (Å²) in [5, 5.41) is 13.8. The van der Waals surface area contributed by atoms with Crippen molar-refractivity contribution in [2.75, 3.05) is 6.54 Å². The number of unbranched alkanes of at least 4 members (excludes halogenated alkanes) is 2. The van der Waals surface area contributed by atoms with Gasteiger partial charge in [0.2, 0.25) is 0 Å². The summed E-state index contributed by atoms with van der Waals surface area (Å²) in [5.74, 6) is -0.780. The first-order chi connectivity index (χ1) is 10.1. The maximum Gasteiger partial charge on any atom is 0.318 e. The van der Waals surface area contributed by atoms with Crippen LogP contribution in [0, 0.1) is 0 Å². The summed E-state index contributed by atoms with van der Waals surface area (Å²) in [6.07, 6.45) is 5.77. The summed E-state index contributed by atoms with van der Waals surface area (Å²) in [4.78, 5) is 21.8. The monoisotopic (exact) mass is 354 g/mol. The molecule has 1 aromatic rings. The lowest BCUT2D eigenvalue weighted by molar-refractivity contribution is -0.137. The fraction of sp³-hybridized carbons (Fsp3) is 0.333. The minimum Gasteiger partial charge on any atom is -0.481 e. The molecule has 0 aliphatic carbocycles. The van der Waals surface area contributed by atoms with E-state index in [9.17, 15) is 9.59 Å². The molecule has 0 bridgehead atoms. The van der Waals surface area contributed by atoms with Crippen LogP contribution in [-0.4, -0.2) is 23.7 Å². The molecule has 1 aromatic carbocycles. The van der Waals surface area contributed by atoms with Gasteiger partial charge in [-0.1, -0.05) is 40.5 Å². The number of benzene rings is 1. The average Bonchev–Trinajstić information content (AvgIpc) is 2.44. The Kier molecular flexibility index (Phi) is 8.19. The predicted octanol–water partition coefficient (Wildman–Crippen LogP) is 3.36. The van der Waals surface area contributed by atoms with Gasteiger partial charge in [-0.05, 0) is 30.5 Å². The van der Waals surface area contributed by atoms with E-state index in [1.165, 1.54) is 0 Å². The molecular weight excluding hydrogens is 336 g/mol. The first-order valence-electron chi connectivity index (χ1n) is 6.77. The van der Waals surface area contributed by atoms with E-state index in [0.717, 1.165) is 22.9 Å². The van der Waals surface area contributed by atoms with Crippen molar-refractivity contribution >= 4 is 34.0 Å². The standard InChI is InChI=1S/C15H19BrN2O3/c16-13-7-4-3-6-12(13)9-11-18-15(21)17-10-5-1-2-8-14(19)20/h3-4,6-7,9,11H,1-2,5,8,10H2,(H,19,20)(H2,17,18,21)/b11-9+. The molecule has 3 N–H and O–H groups in total. The van der Waals surface area contributed by atoms with E-state index in [1.807, 2.05) is 24.3 Å². The number of hydrogen-bond acceptors (Lipinski definition) is 2. The van der Waals surface area contributed by atoms with Crippen LogP contribution >= 0.6 is 15.9 Å². The van der Waals surface area contributed by atoms with Crippen molar-refractivity contribution in [3.8, 4) is 0 Å². The number of hydrogen-bond donors (Lipinski definition) is 3. The van der Waals surface area contributed by atoms with Gasteiger partial charge in [0.05, 0.1) is 0 Å². The van der Waals surface area contributed by atoms with E-state index in [-0.39, 0.29) is 12.5 Å². The topological polar surface area (TPSA) is 78.4 Å². The molecule has 21 heavy (non-hydrogen) atoms. The molecule has 114 valence electrons. The van der Waals surface area contributed by atoms with E-state index in [2.05, 4.69) is 26.6 Å². The van der Waals surface area contributed by atoms with Crippen molar-refractivity contribution in [1.82, 2.24) is 10.6 Å². The van der Waals surface area contributed by atoms with Gasteiger partial charge in [-0.3, -0.25) is 4.79 Å². The van der Waals surface area contributed by atoms with Crippen molar-refractivity contribution in [1.29, 1.82) is 0 Å². The lowest BCUT2D eigenvalue weighted by atomic mass is 10.2. The van der Waals surface area contributed by atoms with Crippen molar-refractivity contribution < 1.29 is 14.7 Å². The molecule has 2 amide bonds. The van der Waals surface area contributed by atoms with Gasteiger partial charge < -0.3 is 15.7 Å². The van der Waals surface area contributed by atoms with Crippen LogP contribution in [0.1, 0.15) is 31.2 Å². The Morgan fingerprint density at radius 2 is 1.95 bits per heavy atom. The third-order valence-electron chi connectivity index (χ3n) is 2.74. The largest absolute Gasteiger partial charge is 0.481 e. The molecule has 0 heterocycles. The summed E-state index contributed by atoms with van der Waals surface area (Å²) >= 11 is 3.42. The number of nitrogens with one attached hydrogen (secondary N) is 2. The second-order valence-corrected chi connectivity index (χ2v) is 5.31. The average molecular weight is 355 g/mol. The summed E-state index contributed by atoms with van der Waals surface area (Å²) in [5.41, 5.74) is 0.978. The SMILES string of the molecule is O=C(O)CCCCCNC(=O)N/C=C/c1ccccc1Br. The highest BCUT2D eigenvalue weighted by atomic mass is 79.9. The Morgan fingerprint density at radius 1 is 1.19 bits per heavy atom. The zero-order valence-corrected chi connectivity index (χ0v) is 13.2. The third kappa shape index (κ3) is 8.14. The second-order valence-electron chi connectivity index (χ2n) is 4.46. The quantitative estimate of drug-likeness (QED) is 0.626. The minimum atomic E-state index is -0.780. The first-order valence-corrected chi connectivity index (χ1v) is 7.56. The molecule has 0 saturated carbocycles. The molecule has 0 aliphatic heterocycles. The predicted molar refractivity (Wildman–Crippen MR) is 85.8 cm³/mol. The molecule has 6 heteroatoms. The van der Waals surface area contributed by atoms with E-state index >= 15 is 0 Å². The zero-order chi connectivity index (χ0) is 15.5. The highest BCUT2D eigenvalue weighted by Gasteiger charge is 1.99. The van der Waals surface area contributed by atoms with Crippen LogP contribution in [0.15, 0.2) is 34.9 Å². The van der Waals surface area contributed by atoms with E-state index < -0.39 is 5.97 Å². The lowest BCUT2D eigenvalue weighted by Gasteiger charge is -2.04. The molecule has 0 radical (unpaired) electrons. The van der Waals surface area contributed by atoms with E-state index in [0.29, 0.717) is 13.0 Å². The Balaban J connectivity index is 2.14. The fourth-order valence-corrected chi connectivity index (χ4v) is 2.07. The number of carbonyl (C=O) groups is 2. The zero-order valence-electron chi connectivity index (χ0n) is 11.6. The molecular formula is C15H19BrN2O3. The number of rotatable bonds is 8. The molecule has 0 aromatic heterocycles. The second kappa shape index (κ2) is 9.99. The summed E-state index contributed by atoms with van der Waals surface area (Å²) in [7, 11) is 0. The lowest BCUT2D eigenvalue weighted by Crippen LogP contribution is -2.32. The minimum absolute atomic E-state index is 0.181. The molecule has 0 unspecified atom stereocenters. The first kappa shape index (κ1) is 17.2. The van der Waals surface area contributed by atoms with Gasteiger partial charge in [-0.2, -0.15) is 0 Å². The van der Waals surface area contributed by atoms with Crippen molar-refractivity contribution in [2.24, 2.45) is 0 Å². The van der Waals surface area contributed by atoms with Gasteiger partial charge in [0.15, 0.2) is 0 Å². The van der Waals surface area contributed by atoms with Crippen LogP contribution in [0.4, 0.5) is 4.79 Å². The molecule has 1 rings (SSSR count). The Hall–Kier alpha value is -1.82. The molecule has 0 spiro atoms. The Morgan fingerprint density at radius 3 is 2.67 bits per heavy atom. The van der Waals surface area contributed by atoms with Crippen molar-refractivity contribution in [2.45, 2.75) is 25.7 Å². The van der Waals surface area contributed by atoms with E-state index in [4.69, 9.17) is 5.11 Å². The van der Waals surface area contributed by atoms with E-state index in [1.54, 1.807) is 12.3 Å². The molecule has 5 nitrogen and oxygen atoms in total. The number of halogens is 1. The highest BCUT2D eigenvalue weighted by molar-refractivity contribution is 9.10. The van der Waals surface area contributed by atoms with Crippen molar-refractivity contribution in [3.05, 3.63) is 40.5 Å². The van der Waals surface area contributed by atoms with Gasteiger partial charge >= 0.3 is 12.0 Å². The highest BCUT2D eigenvalue weighted by Crippen LogP contribution is 2.16. The summed E-state index contributed by atoms with van der Waals surface area (Å²) in [6, 6.07) is 7.43. The number of urea groups is 1. The number of carboxylic acids is 1. The van der Waals surface area contributed by atoms with Gasteiger partial charge in [-0.15, -0.1) is 0 Å². The smallest absolute Gasteiger partial charge is 0.318 e. The van der Waals surface area contributed by atoms with Crippen LogP contribution in [-0.2, 0) is 4.79 Å². The van der Waals surface area contributed by atoms with Crippen molar-refractivity contribution in [3.63, 3.8) is 0 Å². The number of amides is 2. The summed E-state index contributed by atoms with van der Waals surface area (Å²) in [6.45, 7) is 0.536.